The maximum absolute atomic E-state index is 12.1. The van der Waals surface area contributed by atoms with E-state index in [1.54, 1.807) is 0 Å². The van der Waals surface area contributed by atoms with E-state index < -0.39 is 12.0 Å². The molecule has 0 aliphatic carbocycles. The summed E-state index contributed by atoms with van der Waals surface area (Å²) in [6.45, 7) is 11.2. The number of carbonyl (C=O) groups is 1. The number of aliphatic carboxylic acids is 1. The largest absolute Gasteiger partial charge is 0.480 e. The third-order valence-electron chi connectivity index (χ3n) is 5.36. The molecule has 0 saturated heterocycles. The fourth-order valence-electron chi connectivity index (χ4n) is 3.89. The summed E-state index contributed by atoms with van der Waals surface area (Å²) < 4.78 is 0. The second-order valence-electron chi connectivity index (χ2n) is 9.24. The molecule has 152 valence electrons. The van der Waals surface area contributed by atoms with Gasteiger partial charge in [0.15, 0.2) is 0 Å². The van der Waals surface area contributed by atoms with E-state index in [1.165, 1.54) is 0 Å². The van der Waals surface area contributed by atoms with Crippen molar-refractivity contribution in [3.8, 4) is 0 Å². The van der Waals surface area contributed by atoms with Crippen LogP contribution in [0.5, 0.6) is 0 Å². The first kappa shape index (κ1) is 22.2. The van der Waals surface area contributed by atoms with Crippen LogP contribution >= 0.6 is 0 Å². The van der Waals surface area contributed by atoms with E-state index in [4.69, 9.17) is 0 Å². The summed E-state index contributed by atoms with van der Waals surface area (Å²) in [5.41, 5.74) is 2.24. The highest BCUT2D eigenvalue weighted by Gasteiger charge is 2.36. The van der Waals surface area contributed by atoms with Crippen molar-refractivity contribution in [2.24, 2.45) is 17.3 Å². The van der Waals surface area contributed by atoms with Crippen molar-refractivity contribution in [1.82, 2.24) is 5.32 Å². The lowest BCUT2D eigenvalue weighted by molar-refractivity contribution is -0.140. The molecule has 0 saturated carbocycles. The Morgan fingerprint density at radius 3 is 1.96 bits per heavy atom. The van der Waals surface area contributed by atoms with Gasteiger partial charge in [0, 0.05) is 6.04 Å². The van der Waals surface area contributed by atoms with Crippen LogP contribution in [0, 0.1) is 17.3 Å². The molecule has 0 aromatic heterocycles. The van der Waals surface area contributed by atoms with Crippen molar-refractivity contribution in [1.29, 1.82) is 0 Å². The van der Waals surface area contributed by atoms with Crippen molar-refractivity contribution in [2.45, 2.75) is 59.5 Å². The van der Waals surface area contributed by atoms with Crippen LogP contribution in [-0.2, 0) is 11.2 Å². The Kier molecular flexibility index (Phi) is 7.82. The topological polar surface area (TPSA) is 49.3 Å². The molecule has 0 aliphatic heterocycles. The third kappa shape index (κ3) is 6.49. The summed E-state index contributed by atoms with van der Waals surface area (Å²) in [5, 5.41) is 13.5. The highest BCUT2D eigenvalue weighted by atomic mass is 16.4. The molecule has 0 fully saturated rings. The summed E-state index contributed by atoms with van der Waals surface area (Å²) in [5.74, 6) is 0.0455. The maximum Gasteiger partial charge on any atom is 0.321 e. The smallest absolute Gasteiger partial charge is 0.321 e. The van der Waals surface area contributed by atoms with Gasteiger partial charge in [0.05, 0.1) is 0 Å². The fraction of sp³-hybridized carbons (Fsp3) is 0.480. The quantitative estimate of drug-likeness (QED) is 0.584. The van der Waals surface area contributed by atoms with E-state index in [-0.39, 0.29) is 11.5 Å². The molecule has 3 unspecified atom stereocenters. The van der Waals surface area contributed by atoms with Gasteiger partial charge in [-0.3, -0.25) is 10.1 Å². The number of carboxylic acid groups (broad SMARTS) is 1. The Balaban J connectivity index is 2.38. The van der Waals surface area contributed by atoms with Crippen molar-refractivity contribution >= 4 is 5.97 Å². The summed E-state index contributed by atoms with van der Waals surface area (Å²) in [6, 6.07) is 19.5. The SMILES string of the molecule is CC(C)CC(C(NC(Cc1ccccc1)C(=O)O)c1ccccc1)C(C)(C)C. The first-order valence-electron chi connectivity index (χ1n) is 10.3. The van der Waals surface area contributed by atoms with Gasteiger partial charge in [-0.1, -0.05) is 95.3 Å². The molecule has 3 atom stereocenters. The Morgan fingerprint density at radius 1 is 0.964 bits per heavy atom. The van der Waals surface area contributed by atoms with Crippen LogP contribution in [-0.4, -0.2) is 17.1 Å². The molecular formula is C25H35NO2. The highest BCUT2D eigenvalue weighted by Crippen LogP contribution is 2.41. The lowest BCUT2D eigenvalue weighted by atomic mass is 9.70. The standard InChI is InChI=1S/C25H35NO2/c1-18(2)16-21(25(3,4)5)23(20-14-10-7-11-15-20)26-22(24(27)28)17-19-12-8-6-9-13-19/h6-15,18,21-23,26H,16-17H2,1-5H3,(H,27,28). The van der Waals surface area contributed by atoms with E-state index in [1.807, 2.05) is 48.5 Å². The fourth-order valence-corrected chi connectivity index (χ4v) is 3.89. The summed E-state index contributed by atoms with van der Waals surface area (Å²) >= 11 is 0. The molecular weight excluding hydrogens is 346 g/mol. The highest BCUT2D eigenvalue weighted by molar-refractivity contribution is 5.74. The van der Waals surface area contributed by atoms with Gasteiger partial charge in [-0.05, 0) is 41.2 Å². The van der Waals surface area contributed by atoms with Crippen LogP contribution in [0.4, 0.5) is 0 Å². The molecule has 0 amide bonds. The maximum atomic E-state index is 12.1. The molecule has 0 heterocycles. The Bertz CT molecular complexity index is 719. The minimum absolute atomic E-state index is 0.0200. The number of benzene rings is 2. The van der Waals surface area contributed by atoms with Crippen LogP contribution in [0.25, 0.3) is 0 Å². The van der Waals surface area contributed by atoms with Crippen molar-refractivity contribution in [3.05, 3.63) is 71.8 Å². The molecule has 0 bridgehead atoms. The predicted molar refractivity (Wildman–Crippen MR) is 116 cm³/mol. The van der Waals surface area contributed by atoms with Gasteiger partial charge in [-0.25, -0.2) is 0 Å². The van der Waals surface area contributed by atoms with Gasteiger partial charge in [-0.15, -0.1) is 0 Å². The zero-order valence-corrected chi connectivity index (χ0v) is 17.9. The molecule has 2 aromatic rings. The van der Waals surface area contributed by atoms with E-state index in [2.05, 4.69) is 52.1 Å². The summed E-state index contributed by atoms with van der Waals surface area (Å²) in [7, 11) is 0. The van der Waals surface area contributed by atoms with Crippen molar-refractivity contribution in [2.75, 3.05) is 0 Å². The minimum atomic E-state index is -0.804. The molecule has 28 heavy (non-hydrogen) atoms. The van der Waals surface area contributed by atoms with Crippen LogP contribution < -0.4 is 5.32 Å². The van der Waals surface area contributed by atoms with E-state index in [9.17, 15) is 9.90 Å². The lowest BCUT2D eigenvalue weighted by Gasteiger charge is -2.40. The number of hydrogen-bond acceptors (Lipinski definition) is 2. The normalized spacial score (nSPS) is 15.2. The van der Waals surface area contributed by atoms with Gasteiger partial charge in [-0.2, -0.15) is 0 Å². The van der Waals surface area contributed by atoms with E-state index in [0.717, 1.165) is 17.5 Å². The molecule has 0 aliphatic rings. The molecule has 0 radical (unpaired) electrons. The van der Waals surface area contributed by atoms with Gasteiger partial charge in [0.2, 0.25) is 0 Å². The van der Waals surface area contributed by atoms with Crippen molar-refractivity contribution in [3.63, 3.8) is 0 Å². The van der Waals surface area contributed by atoms with Gasteiger partial charge < -0.3 is 5.11 Å². The van der Waals surface area contributed by atoms with Crippen LogP contribution in [0.15, 0.2) is 60.7 Å². The average molecular weight is 382 g/mol. The summed E-state index contributed by atoms with van der Waals surface area (Å²) in [6.07, 6.45) is 1.51. The third-order valence-corrected chi connectivity index (χ3v) is 5.36. The average Bonchev–Trinajstić information content (AvgIpc) is 2.64. The Hall–Kier alpha value is -2.13. The minimum Gasteiger partial charge on any atom is -0.480 e. The first-order chi connectivity index (χ1) is 13.2. The van der Waals surface area contributed by atoms with E-state index >= 15 is 0 Å². The molecule has 2 aromatic carbocycles. The molecule has 3 nitrogen and oxygen atoms in total. The lowest BCUT2D eigenvalue weighted by Crippen LogP contribution is -2.46. The molecule has 2 N–H and O–H groups in total. The van der Waals surface area contributed by atoms with Crippen molar-refractivity contribution < 1.29 is 9.90 Å². The Morgan fingerprint density at radius 2 is 1.50 bits per heavy atom. The number of rotatable bonds is 9. The van der Waals surface area contributed by atoms with Crippen LogP contribution in [0.2, 0.25) is 0 Å². The second kappa shape index (κ2) is 9.88. The number of hydrogen-bond donors (Lipinski definition) is 2. The predicted octanol–water partition coefficient (Wildman–Crippen LogP) is 5.72. The van der Waals surface area contributed by atoms with E-state index in [0.29, 0.717) is 18.3 Å². The van der Waals surface area contributed by atoms with Gasteiger partial charge >= 0.3 is 5.97 Å². The van der Waals surface area contributed by atoms with Gasteiger partial charge in [0.25, 0.3) is 0 Å². The van der Waals surface area contributed by atoms with Gasteiger partial charge in [0.1, 0.15) is 6.04 Å². The van der Waals surface area contributed by atoms with Crippen LogP contribution in [0.3, 0.4) is 0 Å². The summed E-state index contributed by atoms with van der Waals surface area (Å²) in [4.78, 5) is 12.1. The monoisotopic (exact) mass is 381 g/mol. The Labute approximate surface area is 170 Å². The van der Waals surface area contributed by atoms with Crippen LogP contribution in [0.1, 0.15) is 58.2 Å². The number of nitrogens with one attached hydrogen (secondary N) is 1. The molecule has 3 heteroatoms. The second-order valence-corrected chi connectivity index (χ2v) is 9.24. The molecule has 2 rings (SSSR count). The number of carboxylic acids is 1. The first-order valence-corrected chi connectivity index (χ1v) is 10.3. The molecule has 0 spiro atoms. The zero-order chi connectivity index (χ0) is 20.7. The zero-order valence-electron chi connectivity index (χ0n) is 17.9.